The van der Waals surface area contributed by atoms with Crippen LogP contribution in [0, 0.1) is 5.92 Å². The van der Waals surface area contributed by atoms with Crippen molar-refractivity contribution in [1.82, 2.24) is 4.90 Å². The van der Waals surface area contributed by atoms with E-state index in [4.69, 9.17) is 32.7 Å². The van der Waals surface area contributed by atoms with Crippen molar-refractivity contribution in [1.29, 1.82) is 0 Å². The van der Waals surface area contributed by atoms with Gasteiger partial charge in [0.05, 0.1) is 11.6 Å². The Bertz CT molecular complexity index is 522. The number of hydrogen-bond acceptors (Lipinski definition) is 3. The number of hydrogen-bond donors (Lipinski definition) is 0. The molecular formula is C15H19Cl2NO3. The van der Waals surface area contributed by atoms with E-state index in [-0.39, 0.29) is 6.09 Å². The second-order valence-electron chi connectivity index (χ2n) is 6.14. The Morgan fingerprint density at radius 2 is 2.00 bits per heavy atom. The molecule has 1 aliphatic rings. The number of halogens is 2. The standard InChI is InChI=1S/C15H19Cl2NO3/c1-15(2,3)21-14(19)18-7-10(8-18)9-20-13-5-4-11(16)6-12(13)17/h4-6,10H,7-9H2,1-3H3. The molecule has 1 heterocycles. The van der Waals surface area contributed by atoms with Crippen molar-refractivity contribution in [2.24, 2.45) is 5.92 Å². The third-order valence-electron chi connectivity index (χ3n) is 2.98. The van der Waals surface area contributed by atoms with Crippen LogP contribution in [0.2, 0.25) is 10.0 Å². The molecule has 0 spiro atoms. The van der Waals surface area contributed by atoms with Crippen LogP contribution in [0.3, 0.4) is 0 Å². The predicted molar refractivity (Wildman–Crippen MR) is 83.3 cm³/mol. The van der Waals surface area contributed by atoms with Crippen LogP contribution in [0.4, 0.5) is 4.79 Å². The largest absolute Gasteiger partial charge is 0.492 e. The highest BCUT2D eigenvalue weighted by Crippen LogP contribution is 2.29. The molecule has 4 nitrogen and oxygen atoms in total. The van der Waals surface area contributed by atoms with E-state index < -0.39 is 5.60 Å². The first kappa shape index (κ1) is 16.2. The van der Waals surface area contributed by atoms with E-state index >= 15 is 0 Å². The number of amides is 1. The molecule has 6 heteroatoms. The van der Waals surface area contributed by atoms with E-state index in [0.29, 0.717) is 41.4 Å². The molecule has 0 unspecified atom stereocenters. The summed E-state index contributed by atoms with van der Waals surface area (Å²) >= 11 is 11.9. The third-order valence-corrected chi connectivity index (χ3v) is 3.51. The van der Waals surface area contributed by atoms with Gasteiger partial charge in [0.15, 0.2) is 0 Å². The van der Waals surface area contributed by atoms with Crippen molar-refractivity contribution >= 4 is 29.3 Å². The Kier molecular flexibility index (Phi) is 4.89. The number of carbonyl (C=O) groups is 1. The van der Waals surface area contributed by atoms with Crippen molar-refractivity contribution in [3.05, 3.63) is 28.2 Å². The summed E-state index contributed by atoms with van der Waals surface area (Å²) in [6, 6.07) is 5.12. The summed E-state index contributed by atoms with van der Waals surface area (Å²) in [6.07, 6.45) is -0.275. The summed E-state index contributed by atoms with van der Waals surface area (Å²) in [4.78, 5) is 13.4. The topological polar surface area (TPSA) is 38.8 Å². The summed E-state index contributed by atoms with van der Waals surface area (Å²) < 4.78 is 11.0. The van der Waals surface area contributed by atoms with Crippen LogP contribution in [-0.4, -0.2) is 36.3 Å². The number of ether oxygens (including phenoxy) is 2. The first-order chi connectivity index (χ1) is 9.74. The zero-order valence-corrected chi connectivity index (χ0v) is 13.9. The van der Waals surface area contributed by atoms with Gasteiger partial charge in [-0.25, -0.2) is 4.79 Å². The first-order valence-electron chi connectivity index (χ1n) is 6.80. The Hall–Kier alpha value is -1.13. The number of benzene rings is 1. The number of likely N-dealkylation sites (tertiary alicyclic amines) is 1. The molecule has 0 bridgehead atoms. The van der Waals surface area contributed by atoms with Gasteiger partial charge in [0, 0.05) is 24.0 Å². The Morgan fingerprint density at radius 3 is 2.57 bits per heavy atom. The fourth-order valence-corrected chi connectivity index (χ4v) is 2.41. The monoisotopic (exact) mass is 331 g/mol. The average Bonchev–Trinajstić information content (AvgIpc) is 2.27. The van der Waals surface area contributed by atoms with Crippen LogP contribution in [-0.2, 0) is 4.74 Å². The molecule has 1 aromatic carbocycles. The molecule has 0 saturated carbocycles. The van der Waals surface area contributed by atoms with Gasteiger partial charge in [-0.3, -0.25) is 0 Å². The lowest BCUT2D eigenvalue weighted by Crippen LogP contribution is -2.53. The van der Waals surface area contributed by atoms with E-state index in [2.05, 4.69) is 0 Å². The van der Waals surface area contributed by atoms with Crippen LogP contribution in [0.5, 0.6) is 5.75 Å². The smallest absolute Gasteiger partial charge is 0.410 e. The maximum Gasteiger partial charge on any atom is 0.410 e. The lowest BCUT2D eigenvalue weighted by molar-refractivity contribution is -0.00780. The van der Waals surface area contributed by atoms with Crippen LogP contribution in [0.25, 0.3) is 0 Å². The maximum absolute atomic E-state index is 11.8. The van der Waals surface area contributed by atoms with Gasteiger partial charge in [0.25, 0.3) is 0 Å². The van der Waals surface area contributed by atoms with Gasteiger partial charge in [0.2, 0.25) is 0 Å². The van der Waals surface area contributed by atoms with Gasteiger partial charge in [-0.15, -0.1) is 0 Å². The minimum absolute atomic E-state index is 0.275. The van der Waals surface area contributed by atoms with Crippen molar-refractivity contribution in [3.63, 3.8) is 0 Å². The summed E-state index contributed by atoms with van der Waals surface area (Å²) in [6.45, 7) is 7.36. The third kappa shape index (κ3) is 4.68. The van der Waals surface area contributed by atoms with E-state index in [0.717, 1.165) is 0 Å². The molecule has 2 rings (SSSR count). The fraction of sp³-hybridized carbons (Fsp3) is 0.533. The summed E-state index contributed by atoms with van der Waals surface area (Å²) in [5.41, 5.74) is -0.463. The van der Waals surface area contributed by atoms with E-state index in [1.54, 1.807) is 23.1 Å². The predicted octanol–water partition coefficient (Wildman–Crippen LogP) is 4.24. The minimum atomic E-state index is -0.463. The molecule has 0 aliphatic carbocycles. The molecule has 0 N–H and O–H groups in total. The average molecular weight is 332 g/mol. The zero-order valence-electron chi connectivity index (χ0n) is 12.4. The van der Waals surface area contributed by atoms with Gasteiger partial charge in [-0.05, 0) is 39.0 Å². The SMILES string of the molecule is CC(C)(C)OC(=O)N1CC(COc2ccc(Cl)cc2Cl)C1. The Balaban J connectivity index is 1.75. The summed E-state index contributed by atoms with van der Waals surface area (Å²) in [5.74, 6) is 0.904. The van der Waals surface area contributed by atoms with Crippen molar-refractivity contribution in [2.45, 2.75) is 26.4 Å². The van der Waals surface area contributed by atoms with Crippen molar-refractivity contribution < 1.29 is 14.3 Å². The zero-order chi connectivity index (χ0) is 15.6. The van der Waals surface area contributed by atoms with Crippen LogP contribution >= 0.6 is 23.2 Å². The van der Waals surface area contributed by atoms with Gasteiger partial charge < -0.3 is 14.4 Å². The van der Waals surface area contributed by atoms with E-state index in [1.807, 2.05) is 20.8 Å². The summed E-state index contributed by atoms with van der Waals surface area (Å²) in [7, 11) is 0. The summed E-state index contributed by atoms with van der Waals surface area (Å²) in [5, 5.41) is 1.07. The maximum atomic E-state index is 11.8. The van der Waals surface area contributed by atoms with Gasteiger partial charge in [-0.2, -0.15) is 0 Å². The van der Waals surface area contributed by atoms with E-state index in [9.17, 15) is 4.79 Å². The molecule has 116 valence electrons. The van der Waals surface area contributed by atoms with E-state index in [1.165, 1.54) is 0 Å². The quantitative estimate of drug-likeness (QED) is 0.831. The highest BCUT2D eigenvalue weighted by atomic mass is 35.5. The highest BCUT2D eigenvalue weighted by Gasteiger charge is 2.34. The van der Waals surface area contributed by atoms with Crippen molar-refractivity contribution in [2.75, 3.05) is 19.7 Å². The molecular weight excluding hydrogens is 313 g/mol. The molecule has 1 saturated heterocycles. The molecule has 0 radical (unpaired) electrons. The fourth-order valence-electron chi connectivity index (χ4n) is 1.95. The molecule has 21 heavy (non-hydrogen) atoms. The lowest BCUT2D eigenvalue weighted by Gasteiger charge is -2.39. The van der Waals surface area contributed by atoms with Crippen molar-refractivity contribution in [3.8, 4) is 5.75 Å². The minimum Gasteiger partial charge on any atom is -0.492 e. The van der Waals surface area contributed by atoms with Gasteiger partial charge in [-0.1, -0.05) is 23.2 Å². The second-order valence-corrected chi connectivity index (χ2v) is 6.98. The molecule has 1 aromatic rings. The van der Waals surface area contributed by atoms with Crippen LogP contribution < -0.4 is 4.74 Å². The molecule has 1 aliphatic heterocycles. The molecule has 0 aromatic heterocycles. The Labute approximate surface area is 134 Å². The lowest BCUT2D eigenvalue weighted by atomic mass is 10.0. The molecule has 1 amide bonds. The van der Waals surface area contributed by atoms with Crippen LogP contribution in [0.15, 0.2) is 18.2 Å². The molecule has 0 atom stereocenters. The number of rotatable bonds is 3. The first-order valence-corrected chi connectivity index (χ1v) is 7.56. The highest BCUT2D eigenvalue weighted by molar-refractivity contribution is 6.35. The normalized spacial score (nSPS) is 15.6. The van der Waals surface area contributed by atoms with Gasteiger partial charge >= 0.3 is 6.09 Å². The second kappa shape index (κ2) is 6.32. The number of nitrogens with zero attached hydrogens (tertiary/aromatic N) is 1. The Morgan fingerprint density at radius 1 is 1.33 bits per heavy atom. The van der Waals surface area contributed by atoms with Gasteiger partial charge in [0.1, 0.15) is 11.4 Å². The number of carbonyl (C=O) groups excluding carboxylic acids is 1. The van der Waals surface area contributed by atoms with Crippen LogP contribution in [0.1, 0.15) is 20.8 Å². The molecule has 1 fully saturated rings.